The number of ketones is 2. The van der Waals surface area contributed by atoms with Gasteiger partial charge in [0.2, 0.25) is 0 Å². The summed E-state index contributed by atoms with van der Waals surface area (Å²) in [6, 6.07) is 10.2. The van der Waals surface area contributed by atoms with Gasteiger partial charge in [-0.05, 0) is 30.2 Å². The molecule has 0 unspecified atom stereocenters. The molecule has 0 bridgehead atoms. The Kier molecular flexibility index (Phi) is 3.22. The van der Waals surface area contributed by atoms with Gasteiger partial charge in [-0.15, -0.1) is 0 Å². The topological polar surface area (TPSA) is 37.4 Å². The zero-order valence-electron chi connectivity index (χ0n) is 13.8. The van der Waals surface area contributed by atoms with E-state index >= 15 is 0 Å². The molecule has 1 saturated heterocycles. The number of Topliss-reactive ketones (excluding diaryl/α,β-unsaturated/α-hetero) is 2. The molecule has 23 heavy (non-hydrogen) atoms. The number of nitrogens with zero attached hydrogens (tertiary/aromatic N) is 1. The fourth-order valence-electron chi connectivity index (χ4n) is 4.65. The zero-order chi connectivity index (χ0) is 16.2. The Bertz CT molecular complexity index is 702. The molecule has 2 atom stereocenters. The Balaban J connectivity index is 1.84. The SMILES string of the molecule is CC1(C)CC(=O)C2=C(C1)N1CCC[C@H]1[C@H](c1ccccc1)C2=O. The maximum absolute atomic E-state index is 13.2. The summed E-state index contributed by atoms with van der Waals surface area (Å²) in [5.41, 5.74) is 2.56. The van der Waals surface area contributed by atoms with E-state index < -0.39 is 0 Å². The summed E-state index contributed by atoms with van der Waals surface area (Å²) in [7, 11) is 0. The number of benzene rings is 1. The predicted octanol–water partition coefficient (Wildman–Crippen LogP) is 3.46. The van der Waals surface area contributed by atoms with Gasteiger partial charge >= 0.3 is 0 Å². The first kappa shape index (κ1) is 14.7. The van der Waals surface area contributed by atoms with Crippen LogP contribution in [0.1, 0.15) is 51.0 Å². The molecule has 2 aliphatic heterocycles. The number of hydrogen-bond donors (Lipinski definition) is 0. The van der Waals surface area contributed by atoms with Crippen LogP contribution in [0, 0.1) is 5.41 Å². The van der Waals surface area contributed by atoms with Crippen molar-refractivity contribution in [2.75, 3.05) is 6.54 Å². The van der Waals surface area contributed by atoms with Crippen molar-refractivity contribution in [1.82, 2.24) is 4.90 Å². The van der Waals surface area contributed by atoms with Gasteiger partial charge in [0.15, 0.2) is 11.6 Å². The van der Waals surface area contributed by atoms with Gasteiger partial charge in [0.05, 0.1) is 11.5 Å². The molecule has 1 fully saturated rings. The van der Waals surface area contributed by atoms with Crippen LogP contribution in [-0.4, -0.2) is 29.1 Å². The standard InChI is InChI=1S/C20H23NO2/c1-20(2)11-15-18(16(22)12-20)19(23)17(13-7-4-3-5-8-13)14-9-6-10-21(14)15/h3-5,7-8,14,17H,6,9-12H2,1-2H3/t14-,17-/m0/s1. The van der Waals surface area contributed by atoms with Crippen molar-refractivity contribution in [3.8, 4) is 0 Å². The molecular formula is C20H23NO2. The smallest absolute Gasteiger partial charge is 0.177 e. The summed E-state index contributed by atoms with van der Waals surface area (Å²) in [6.07, 6.45) is 3.47. The molecule has 1 aliphatic carbocycles. The average molecular weight is 309 g/mol. The van der Waals surface area contributed by atoms with E-state index in [0.717, 1.165) is 37.1 Å². The highest BCUT2D eigenvalue weighted by atomic mass is 16.2. The minimum Gasteiger partial charge on any atom is -0.370 e. The van der Waals surface area contributed by atoms with E-state index in [1.165, 1.54) is 0 Å². The van der Waals surface area contributed by atoms with E-state index in [0.29, 0.717) is 12.0 Å². The molecule has 0 N–H and O–H groups in total. The lowest BCUT2D eigenvalue weighted by Crippen LogP contribution is -2.48. The van der Waals surface area contributed by atoms with Crippen molar-refractivity contribution in [3.05, 3.63) is 47.2 Å². The van der Waals surface area contributed by atoms with Crippen LogP contribution in [-0.2, 0) is 9.59 Å². The van der Waals surface area contributed by atoms with E-state index in [2.05, 4.69) is 18.7 Å². The van der Waals surface area contributed by atoms with Crippen LogP contribution in [0.3, 0.4) is 0 Å². The first-order valence-electron chi connectivity index (χ1n) is 8.60. The molecule has 3 nitrogen and oxygen atoms in total. The normalized spacial score (nSPS) is 29.6. The Morgan fingerprint density at radius 3 is 2.57 bits per heavy atom. The lowest BCUT2D eigenvalue weighted by Gasteiger charge is -2.45. The quantitative estimate of drug-likeness (QED) is 0.746. The van der Waals surface area contributed by atoms with Crippen molar-refractivity contribution in [2.24, 2.45) is 5.41 Å². The van der Waals surface area contributed by atoms with Crippen LogP contribution in [0.4, 0.5) is 0 Å². The molecule has 1 aromatic rings. The Morgan fingerprint density at radius 1 is 1.09 bits per heavy atom. The second kappa shape index (κ2) is 5.05. The third kappa shape index (κ3) is 2.25. The molecule has 0 radical (unpaired) electrons. The van der Waals surface area contributed by atoms with E-state index in [4.69, 9.17) is 0 Å². The summed E-state index contributed by atoms with van der Waals surface area (Å²) < 4.78 is 0. The van der Waals surface area contributed by atoms with Crippen LogP contribution in [0.2, 0.25) is 0 Å². The van der Waals surface area contributed by atoms with Crippen LogP contribution in [0.15, 0.2) is 41.6 Å². The number of fused-ring (bicyclic) bond motifs is 2. The Morgan fingerprint density at radius 2 is 1.83 bits per heavy atom. The molecule has 0 spiro atoms. The Labute approximate surface area is 137 Å². The molecule has 0 aromatic heterocycles. The second-order valence-electron chi connectivity index (χ2n) is 7.92. The molecular weight excluding hydrogens is 286 g/mol. The van der Waals surface area contributed by atoms with E-state index in [1.807, 2.05) is 30.3 Å². The molecule has 1 aromatic carbocycles. The van der Waals surface area contributed by atoms with Crippen molar-refractivity contribution in [2.45, 2.75) is 51.5 Å². The lowest BCUT2D eigenvalue weighted by molar-refractivity contribution is -0.126. The van der Waals surface area contributed by atoms with E-state index in [1.54, 1.807) is 0 Å². The minimum absolute atomic E-state index is 0.0388. The van der Waals surface area contributed by atoms with Crippen LogP contribution in [0.25, 0.3) is 0 Å². The molecule has 3 heteroatoms. The highest BCUT2D eigenvalue weighted by Crippen LogP contribution is 2.48. The minimum atomic E-state index is -0.178. The molecule has 0 amide bonds. The van der Waals surface area contributed by atoms with Crippen molar-refractivity contribution >= 4 is 11.6 Å². The third-order valence-corrected chi connectivity index (χ3v) is 5.57. The number of allylic oxidation sites excluding steroid dienone is 2. The molecule has 2 heterocycles. The second-order valence-corrected chi connectivity index (χ2v) is 7.92. The molecule has 4 rings (SSSR count). The fourth-order valence-corrected chi connectivity index (χ4v) is 4.65. The highest BCUT2D eigenvalue weighted by Gasteiger charge is 2.49. The van der Waals surface area contributed by atoms with E-state index in [-0.39, 0.29) is 28.9 Å². The van der Waals surface area contributed by atoms with Gasteiger partial charge < -0.3 is 4.90 Å². The van der Waals surface area contributed by atoms with Crippen molar-refractivity contribution in [1.29, 1.82) is 0 Å². The van der Waals surface area contributed by atoms with Gasteiger partial charge in [0.25, 0.3) is 0 Å². The van der Waals surface area contributed by atoms with Gasteiger partial charge in [0, 0.05) is 24.7 Å². The largest absolute Gasteiger partial charge is 0.370 e. The first-order valence-corrected chi connectivity index (χ1v) is 8.60. The molecule has 120 valence electrons. The highest BCUT2D eigenvalue weighted by molar-refractivity contribution is 6.24. The van der Waals surface area contributed by atoms with Gasteiger partial charge in [0.1, 0.15) is 0 Å². The average Bonchev–Trinajstić information content (AvgIpc) is 2.96. The monoisotopic (exact) mass is 309 g/mol. The van der Waals surface area contributed by atoms with Crippen molar-refractivity contribution in [3.63, 3.8) is 0 Å². The number of rotatable bonds is 1. The summed E-state index contributed by atoms with van der Waals surface area (Å²) in [5, 5.41) is 0. The maximum atomic E-state index is 13.2. The maximum Gasteiger partial charge on any atom is 0.177 e. The Hall–Kier alpha value is -1.90. The third-order valence-electron chi connectivity index (χ3n) is 5.57. The van der Waals surface area contributed by atoms with Gasteiger partial charge in [-0.25, -0.2) is 0 Å². The van der Waals surface area contributed by atoms with Crippen LogP contribution < -0.4 is 0 Å². The van der Waals surface area contributed by atoms with Gasteiger partial charge in [-0.2, -0.15) is 0 Å². The number of carbonyl (C=O) groups excluding carboxylic acids is 2. The summed E-state index contributed by atoms with van der Waals surface area (Å²) in [6.45, 7) is 5.24. The number of carbonyl (C=O) groups is 2. The summed E-state index contributed by atoms with van der Waals surface area (Å²) in [5.74, 6) is -0.0648. The molecule has 0 saturated carbocycles. The zero-order valence-corrected chi connectivity index (χ0v) is 13.8. The first-order chi connectivity index (χ1) is 11.0. The lowest BCUT2D eigenvalue weighted by atomic mass is 9.69. The summed E-state index contributed by atoms with van der Waals surface area (Å²) in [4.78, 5) is 28.3. The van der Waals surface area contributed by atoms with Gasteiger partial charge in [-0.1, -0.05) is 44.2 Å². The predicted molar refractivity (Wildman–Crippen MR) is 89.0 cm³/mol. The summed E-state index contributed by atoms with van der Waals surface area (Å²) >= 11 is 0. The number of hydrogen-bond acceptors (Lipinski definition) is 3. The van der Waals surface area contributed by atoms with Crippen molar-refractivity contribution < 1.29 is 9.59 Å². The fraction of sp³-hybridized carbons (Fsp3) is 0.500. The van der Waals surface area contributed by atoms with Gasteiger partial charge in [-0.3, -0.25) is 9.59 Å². The van der Waals surface area contributed by atoms with Crippen LogP contribution in [0.5, 0.6) is 0 Å². The molecule has 3 aliphatic rings. The van der Waals surface area contributed by atoms with E-state index in [9.17, 15) is 9.59 Å². The van der Waals surface area contributed by atoms with Crippen LogP contribution >= 0.6 is 0 Å².